The van der Waals surface area contributed by atoms with Crippen molar-refractivity contribution in [1.82, 2.24) is 10.7 Å². The van der Waals surface area contributed by atoms with E-state index >= 15 is 0 Å². The van der Waals surface area contributed by atoms with E-state index in [0.29, 0.717) is 11.3 Å². The highest BCUT2D eigenvalue weighted by atomic mass is 16.5. The third kappa shape index (κ3) is 4.42. The van der Waals surface area contributed by atoms with Gasteiger partial charge >= 0.3 is 0 Å². The molecule has 0 bridgehead atoms. The van der Waals surface area contributed by atoms with Crippen LogP contribution in [0.15, 0.2) is 60.3 Å². The highest BCUT2D eigenvalue weighted by Crippen LogP contribution is 2.13. The Balaban J connectivity index is 2.24. The number of hydrogen-bond acceptors (Lipinski definition) is 4. The quantitative estimate of drug-likeness (QED) is 0.337. The molecule has 23 heavy (non-hydrogen) atoms. The van der Waals surface area contributed by atoms with Gasteiger partial charge < -0.3 is 10.1 Å². The van der Waals surface area contributed by atoms with Gasteiger partial charge in [0.25, 0.3) is 11.8 Å². The third-order valence-electron chi connectivity index (χ3n) is 3.09. The molecular weight excluding hydrogens is 294 g/mol. The number of methoxy groups -OCH3 is 1. The summed E-state index contributed by atoms with van der Waals surface area (Å²) >= 11 is 0. The standard InChI is InChI=1S/C17H17N3O3/c1-23-14-9-7-12(8-10-14)11-15(17(22)20-18)19-16(21)13-5-3-2-4-6-13/h2-11H,18H2,1H3,(H,19,21)(H,20,22)/b15-11-. The minimum absolute atomic E-state index is 0.0477. The van der Waals surface area contributed by atoms with Gasteiger partial charge in [-0.2, -0.15) is 0 Å². The molecule has 6 heteroatoms. The van der Waals surface area contributed by atoms with E-state index < -0.39 is 11.8 Å². The molecule has 0 fully saturated rings. The van der Waals surface area contributed by atoms with Gasteiger partial charge in [-0.15, -0.1) is 0 Å². The number of hydrazine groups is 1. The normalized spacial score (nSPS) is 10.8. The zero-order chi connectivity index (χ0) is 16.7. The molecule has 6 nitrogen and oxygen atoms in total. The van der Waals surface area contributed by atoms with Crippen LogP contribution in [-0.4, -0.2) is 18.9 Å². The first-order chi connectivity index (χ1) is 11.1. The zero-order valence-corrected chi connectivity index (χ0v) is 12.6. The van der Waals surface area contributed by atoms with E-state index in [4.69, 9.17) is 10.6 Å². The summed E-state index contributed by atoms with van der Waals surface area (Å²) < 4.78 is 5.08. The van der Waals surface area contributed by atoms with Crippen LogP contribution in [-0.2, 0) is 4.79 Å². The van der Waals surface area contributed by atoms with E-state index in [0.717, 1.165) is 5.56 Å². The second kappa shape index (κ2) is 7.77. The lowest BCUT2D eigenvalue weighted by Crippen LogP contribution is -2.38. The van der Waals surface area contributed by atoms with Crippen molar-refractivity contribution in [3.8, 4) is 5.75 Å². The Hall–Kier alpha value is -3.12. The summed E-state index contributed by atoms with van der Waals surface area (Å²) in [5.74, 6) is 4.88. The highest BCUT2D eigenvalue weighted by molar-refractivity contribution is 6.05. The van der Waals surface area contributed by atoms with Gasteiger partial charge in [0.2, 0.25) is 0 Å². The maximum Gasteiger partial charge on any atom is 0.281 e. The van der Waals surface area contributed by atoms with Crippen LogP contribution in [0, 0.1) is 0 Å². The summed E-state index contributed by atoms with van der Waals surface area (Å²) in [5, 5.41) is 2.56. The molecular formula is C17H17N3O3. The first-order valence-corrected chi connectivity index (χ1v) is 6.87. The lowest BCUT2D eigenvalue weighted by molar-refractivity contribution is -0.117. The molecule has 2 aromatic rings. The van der Waals surface area contributed by atoms with Gasteiger partial charge in [0.1, 0.15) is 11.4 Å². The predicted octanol–water partition coefficient (Wildman–Crippen LogP) is 1.46. The van der Waals surface area contributed by atoms with Gasteiger partial charge in [-0.05, 0) is 35.9 Å². The van der Waals surface area contributed by atoms with E-state index in [-0.39, 0.29) is 5.70 Å². The monoisotopic (exact) mass is 311 g/mol. The molecule has 0 unspecified atom stereocenters. The molecule has 2 amide bonds. The first kappa shape index (κ1) is 16.3. The van der Waals surface area contributed by atoms with Crippen LogP contribution >= 0.6 is 0 Å². The topological polar surface area (TPSA) is 93.4 Å². The second-order valence-electron chi connectivity index (χ2n) is 4.62. The van der Waals surface area contributed by atoms with Crippen LogP contribution in [0.4, 0.5) is 0 Å². The maximum atomic E-state index is 12.2. The highest BCUT2D eigenvalue weighted by Gasteiger charge is 2.13. The smallest absolute Gasteiger partial charge is 0.281 e. The number of benzene rings is 2. The average molecular weight is 311 g/mol. The molecule has 2 rings (SSSR count). The van der Waals surface area contributed by atoms with Crippen molar-refractivity contribution < 1.29 is 14.3 Å². The van der Waals surface area contributed by atoms with Crippen molar-refractivity contribution >= 4 is 17.9 Å². The summed E-state index contributed by atoms with van der Waals surface area (Å²) in [4.78, 5) is 24.0. The van der Waals surface area contributed by atoms with Crippen molar-refractivity contribution in [1.29, 1.82) is 0 Å². The van der Waals surface area contributed by atoms with Crippen molar-refractivity contribution in [3.05, 3.63) is 71.4 Å². The first-order valence-electron chi connectivity index (χ1n) is 6.87. The van der Waals surface area contributed by atoms with Crippen LogP contribution < -0.4 is 21.3 Å². The van der Waals surface area contributed by atoms with E-state index in [2.05, 4.69) is 5.32 Å². The predicted molar refractivity (Wildman–Crippen MR) is 87.2 cm³/mol. The zero-order valence-electron chi connectivity index (χ0n) is 12.6. The van der Waals surface area contributed by atoms with Crippen molar-refractivity contribution in [2.45, 2.75) is 0 Å². The fourth-order valence-corrected chi connectivity index (χ4v) is 1.89. The van der Waals surface area contributed by atoms with Crippen LogP contribution in [0.2, 0.25) is 0 Å². The van der Waals surface area contributed by atoms with Crippen molar-refractivity contribution in [2.24, 2.45) is 5.84 Å². The Morgan fingerprint density at radius 3 is 2.26 bits per heavy atom. The van der Waals surface area contributed by atoms with Gasteiger partial charge in [0, 0.05) is 5.56 Å². The van der Waals surface area contributed by atoms with E-state index in [1.54, 1.807) is 61.7 Å². The summed E-state index contributed by atoms with van der Waals surface area (Å²) in [5.41, 5.74) is 3.23. The Labute approximate surface area is 133 Å². The summed E-state index contributed by atoms with van der Waals surface area (Å²) in [6.07, 6.45) is 1.53. The third-order valence-corrected chi connectivity index (χ3v) is 3.09. The fourth-order valence-electron chi connectivity index (χ4n) is 1.89. The molecule has 0 aliphatic heterocycles. The average Bonchev–Trinajstić information content (AvgIpc) is 2.61. The molecule has 0 radical (unpaired) electrons. The van der Waals surface area contributed by atoms with Crippen molar-refractivity contribution in [3.63, 3.8) is 0 Å². The molecule has 0 aliphatic carbocycles. The Morgan fingerprint density at radius 1 is 1.04 bits per heavy atom. The number of rotatable bonds is 5. The number of amides is 2. The van der Waals surface area contributed by atoms with Crippen LogP contribution in [0.25, 0.3) is 6.08 Å². The number of nitrogens with two attached hydrogens (primary N) is 1. The number of hydrogen-bond donors (Lipinski definition) is 3. The van der Waals surface area contributed by atoms with Crippen LogP contribution in [0.1, 0.15) is 15.9 Å². The number of carbonyl (C=O) groups is 2. The summed E-state index contributed by atoms with van der Waals surface area (Å²) in [6, 6.07) is 15.6. The molecule has 118 valence electrons. The Bertz CT molecular complexity index is 710. The molecule has 4 N–H and O–H groups in total. The summed E-state index contributed by atoms with van der Waals surface area (Å²) in [6.45, 7) is 0. The van der Waals surface area contributed by atoms with Crippen LogP contribution in [0.3, 0.4) is 0 Å². The SMILES string of the molecule is COc1ccc(/C=C(\NC(=O)c2ccccc2)C(=O)NN)cc1. The van der Waals surface area contributed by atoms with E-state index in [9.17, 15) is 9.59 Å². The molecule has 0 saturated heterocycles. The van der Waals surface area contributed by atoms with Gasteiger partial charge in [0.05, 0.1) is 7.11 Å². The molecule has 0 atom stereocenters. The minimum atomic E-state index is -0.593. The molecule has 0 aliphatic rings. The lowest BCUT2D eigenvalue weighted by Gasteiger charge is -2.09. The molecule has 0 aromatic heterocycles. The Morgan fingerprint density at radius 2 is 1.70 bits per heavy atom. The van der Waals surface area contributed by atoms with E-state index in [1.807, 2.05) is 5.43 Å². The minimum Gasteiger partial charge on any atom is -0.497 e. The van der Waals surface area contributed by atoms with E-state index in [1.165, 1.54) is 6.08 Å². The lowest BCUT2D eigenvalue weighted by atomic mass is 10.1. The number of ether oxygens (including phenoxy) is 1. The number of carbonyl (C=O) groups excluding carboxylic acids is 2. The van der Waals surface area contributed by atoms with Gasteiger partial charge in [-0.25, -0.2) is 5.84 Å². The van der Waals surface area contributed by atoms with Gasteiger partial charge in [-0.1, -0.05) is 30.3 Å². The van der Waals surface area contributed by atoms with Crippen LogP contribution in [0.5, 0.6) is 5.75 Å². The number of nitrogens with one attached hydrogen (secondary N) is 2. The van der Waals surface area contributed by atoms with Crippen molar-refractivity contribution in [2.75, 3.05) is 7.11 Å². The molecule has 2 aromatic carbocycles. The Kier molecular flexibility index (Phi) is 5.49. The molecule has 0 heterocycles. The molecule has 0 spiro atoms. The fraction of sp³-hybridized carbons (Fsp3) is 0.0588. The van der Waals surface area contributed by atoms with Gasteiger partial charge in [0.15, 0.2) is 0 Å². The van der Waals surface area contributed by atoms with Gasteiger partial charge in [-0.3, -0.25) is 15.0 Å². The molecule has 0 saturated carbocycles. The summed E-state index contributed by atoms with van der Waals surface area (Å²) in [7, 11) is 1.57. The second-order valence-corrected chi connectivity index (χ2v) is 4.62. The largest absolute Gasteiger partial charge is 0.497 e. The maximum absolute atomic E-state index is 12.2.